The molecule has 27 heavy (non-hydrogen) atoms. The smallest absolute Gasteiger partial charge is 0.225 e. The van der Waals surface area contributed by atoms with Crippen molar-refractivity contribution in [1.29, 1.82) is 0 Å². The Hall–Kier alpha value is -1.91. The van der Waals surface area contributed by atoms with Crippen LogP contribution in [-0.2, 0) is 16.0 Å². The first-order valence-electron chi connectivity index (χ1n) is 10.5. The van der Waals surface area contributed by atoms with E-state index in [9.17, 15) is 9.59 Å². The van der Waals surface area contributed by atoms with Crippen LogP contribution in [0.4, 0.5) is 0 Å². The number of hydrogen-bond donors (Lipinski definition) is 0. The molecular weight excluding hydrogens is 338 g/mol. The molecule has 1 aromatic rings. The Morgan fingerprint density at radius 2 is 1.44 bits per heavy atom. The summed E-state index contributed by atoms with van der Waals surface area (Å²) in [5, 5.41) is 0. The molecule has 1 aliphatic carbocycles. The van der Waals surface area contributed by atoms with Gasteiger partial charge in [-0.1, -0.05) is 13.8 Å². The van der Waals surface area contributed by atoms with E-state index in [2.05, 4.69) is 18.8 Å². The van der Waals surface area contributed by atoms with Crippen molar-refractivity contribution >= 4 is 11.8 Å². The molecular formula is C22H35N3O2. The summed E-state index contributed by atoms with van der Waals surface area (Å²) in [5.74, 6) is 0.709. The highest BCUT2D eigenvalue weighted by atomic mass is 16.2. The summed E-state index contributed by atoms with van der Waals surface area (Å²) in [6, 6.07) is 3.99. The summed E-state index contributed by atoms with van der Waals surface area (Å²) in [7, 11) is 1.89. The van der Waals surface area contributed by atoms with Crippen LogP contribution in [0.15, 0.2) is 24.5 Å². The van der Waals surface area contributed by atoms with Crippen molar-refractivity contribution in [2.75, 3.05) is 26.7 Å². The lowest BCUT2D eigenvalue weighted by atomic mass is 9.80. The van der Waals surface area contributed by atoms with Crippen molar-refractivity contribution < 1.29 is 9.59 Å². The highest BCUT2D eigenvalue weighted by Crippen LogP contribution is 2.31. The third-order valence-corrected chi connectivity index (χ3v) is 5.59. The second-order valence-electron chi connectivity index (χ2n) is 7.74. The molecule has 1 saturated carbocycles. The number of nitrogens with zero attached hydrogens (tertiary/aromatic N) is 3. The van der Waals surface area contributed by atoms with Gasteiger partial charge in [0.15, 0.2) is 0 Å². The summed E-state index contributed by atoms with van der Waals surface area (Å²) in [4.78, 5) is 33.4. The van der Waals surface area contributed by atoms with Crippen LogP contribution in [0.25, 0.3) is 0 Å². The lowest BCUT2D eigenvalue weighted by Gasteiger charge is -2.33. The van der Waals surface area contributed by atoms with Gasteiger partial charge in [-0.25, -0.2) is 0 Å². The molecule has 5 heteroatoms. The average molecular weight is 374 g/mol. The summed E-state index contributed by atoms with van der Waals surface area (Å²) >= 11 is 0. The summed E-state index contributed by atoms with van der Waals surface area (Å²) in [6.45, 7) is 6.66. The van der Waals surface area contributed by atoms with Gasteiger partial charge in [-0.15, -0.1) is 0 Å². The van der Waals surface area contributed by atoms with Crippen LogP contribution in [0.2, 0.25) is 0 Å². The lowest BCUT2D eigenvalue weighted by molar-refractivity contribution is -0.140. The van der Waals surface area contributed by atoms with Gasteiger partial charge in [-0.05, 0) is 62.6 Å². The van der Waals surface area contributed by atoms with Crippen LogP contribution in [-0.4, -0.2) is 53.3 Å². The number of rotatable bonds is 9. The average Bonchev–Trinajstić information content (AvgIpc) is 2.71. The van der Waals surface area contributed by atoms with Gasteiger partial charge >= 0.3 is 0 Å². The predicted molar refractivity (Wildman–Crippen MR) is 108 cm³/mol. The first kappa shape index (κ1) is 21.4. The number of hydrogen-bond acceptors (Lipinski definition) is 3. The van der Waals surface area contributed by atoms with Gasteiger partial charge in [0.05, 0.1) is 0 Å². The standard InChI is InChI=1S/C22H35N3O2/c1-4-15-25(16-5-2)22(27)20-8-6-19(7-9-20)21(26)24(3)17-12-18-10-13-23-14-11-18/h10-11,13-14,19-20H,4-9,12,15-17H2,1-3H3. The van der Waals surface area contributed by atoms with Crippen LogP contribution in [0.1, 0.15) is 57.9 Å². The van der Waals surface area contributed by atoms with Crippen molar-refractivity contribution in [3.05, 3.63) is 30.1 Å². The van der Waals surface area contributed by atoms with Crippen LogP contribution < -0.4 is 0 Å². The van der Waals surface area contributed by atoms with Gasteiger partial charge in [0.2, 0.25) is 11.8 Å². The first-order chi connectivity index (χ1) is 13.1. The second-order valence-corrected chi connectivity index (χ2v) is 7.74. The third-order valence-electron chi connectivity index (χ3n) is 5.59. The molecule has 0 aliphatic heterocycles. The van der Waals surface area contributed by atoms with Crippen molar-refractivity contribution in [1.82, 2.24) is 14.8 Å². The van der Waals surface area contributed by atoms with Crippen molar-refractivity contribution in [3.8, 4) is 0 Å². The third kappa shape index (κ3) is 6.33. The largest absolute Gasteiger partial charge is 0.345 e. The maximum atomic E-state index is 12.8. The minimum atomic E-state index is 0.0716. The zero-order chi connectivity index (χ0) is 19.6. The summed E-state index contributed by atoms with van der Waals surface area (Å²) < 4.78 is 0. The van der Waals surface area contributed by atoms with Gasteiger partial charge in [-0.2, -0.15) is 0 Å². The van der Waals surface area contributed by atoms with Gasteiger partial charge in [0.25, 0.3) is 0 Å². The van der Waals surface area contributed by atoms with E-state index in [0.717, 1.165) is 64.6 Å². The van der Waals surface area contributed by atoms with E-state index in [-0.39, 0.29) is 17.7 Å². The molecule has 0 N–H and O–H groups in total. The number of likely N-dealkylation sites (N-methyl/N-ethyl adjacent to an activating group) is 1. The van der Waals surface area contributed by atoms with E-state index in [4.69, 9.17) is 0 Å². The molecule has 5 nitrogen and oxygen atoms in total. The molecule has 2 rings (SSSR count). The predicted octanol–water partition coefficient (Wildman–Crippen LogP) is 3.54. The lowest BCUT2D eigenvalue weighted by Crippen LogP contribution is -2.41. The molecule has 0 radical (unpaired) electrons. The monoisotopic (exact) mass is 373 g/mol. The maximum Gasteiger partial charge on any atom is 0.225 e. The molecule has 0 unspecified atom stereocenters. The number of carbonyl (C=O) groups is 2. The molecule has 2 amide bonds. The topological polar surface area (TPSA) is 53.5 Å². The Kier molecular flexibility index (Phi) is 8.76. The van der Waals surface area contributed by atoms with Crippen LogP contribution in [0.3, 0.4) is 0 Å². The Morgan fingerprint density at radius 1 is 0.926 bits per heavy atom. The fourth-order valence-corrected chi connectivity index (χ4v) is 3.99. The van der Waals surface area contributed by atoms with E-state index >= 15 is 0 Å². The Balaban J connectivity index is 1.79. The molecule has 0 saturated heterocycles. The molecule has 1 aliphatic rings. The zero-order valence-corrected chi connectivity index (χ0v) is 17.2. The summed E-state index contributed by atoms with van der Waals surface area (Å²) in [5.41, 5.74) is 1.20. The van der Waals surface area contributed by atoms with Gasteiger partial charge in [0.1, 0.15) is 0 Å². The number of carbonyl (C=O) groups excluding carboxylic acids is 2. The van der Waals surface area contributed by atoms with E-state index in [1.807, 2.05) is 29.0 Å². The van der Waals surface area contributed by atoms with E-state index in [0.29, 0.717) is 5.91 Å². The van der Waals surface area contributed by atoms with Crippen molar-refractivity contribution in [2.45, 2.75) is 58.8 Å². The molecule has 0 atom stereocenters. The zero-order valence-electron chi connectivity index (χ0n) is 17.2. The fraction of sp³-hybridized carbons (Fsp3) is 0.682. The molecule has 1 fully saturated rings. The molecule has 0 spiro atoms. The quantitative estimate of drug-likeness (QED) is 0.665. The summed E-state index contributed by atoms with van der Waals surface area (Å²) in [6.07, 6.45) is 9.79. The van der Waals surface area contributed by atoms with E-state index in [1.165, 1.54) is 5.56 Å². The molecule has 1 heterocycles. The van der Waals surface area contributed by atoms with Gasteiger partial charge in [-0.3, -0.25) is 14.6 Å². The van der Waals surface area contributed by atoms with Gasteiger partial charge in [0, 0.05) is 50.9 Å². The first-order valence-corrected chi connectivity index (χ1v) is 10.5. The second kappa shape index (κ2) is 11.1. The number of aromatic nitrogens is 1. The van der Waals surface area contributed by atoms with Crippen LogP contribution in [0, 0.1) is 11.8 Å². The number of amides is 2. The SMILES string of the molecule is CCCN(CCC)C(=O)C1CCC(C(=O)N(C)CCc2ccncc2)CC1. The molecule has 0 aromatic carbocycles. The highest BCUT2D eigenvalue weighted by molar-refractivity contribution is 5.81. The number of pyridine rings is 1. The Bertz CT molecular complexity index is 576. The van der Waals surface area contributed by atoms with E-state index in [1.54, 1.807) is 12.4 Å². The van der Waals surface area contributed by atoms with Crippen molar-refractivity contribution in [3.63, 3.8) is 0 Å². The minimum Gasteiger partial charge on any atom is -0.345 e. The molecule has 0 bridgehead atoms. The van der Waals surface area contributed by atoms with Gasteiger partial charge < -0.3 is 9.80 Å². The highest BCUT2D eigenvalue weighted by Gasteiger charge is 2.32. The maximum absolute atomic E-state index is 12.8. The molecule has 150 valence electrons. The fourth-order valence-electron chi connectivity index (χ4n) is 3.99. The van der Waals surface area contributed by atoms with Crippen molar-refractivity contribution in [2.24, 2.45) is 11.8 Å². The Labute approximate surface area is 164 Å². The molecule has 1 aromatic heterocycles. The minimum absolute atomic E-state index is 0.0716. The van der Waals surface area contributed by atoms with Crippen LogP contribution >= 0.6 is 0 Å². The van der Waals surface area contributed by atoms with Crippen LogP contribution in [0.5, 0.6) is 0 Å². The van der Waals surface area contributed by atoms with E-state index < -0.39 is 0 Å². The normalized spacial score (nSPS) is 19.5. The Morgan fingerprint density at radius 3 is 1.96 bits per heavy atom.